The number of ether oxygens (including phenoxy) is 2. The summed E-state index contributed by atoms with van der Waals surface area (Å²) in [5, 5.41) is 0. The molecule has 0 radical (unpaired) electrons. The fourth-order valence-electron chi connectivity index (χ4n) is 4.72. The van der Waals surface area contributed by atoms with Crippen LogP contribution in [-0.2, 0) is 19.1 Å². The van der Waals surface area contributed by atoms with E-state index in [2.05, 4.69) is 27.7 Å². The third kappa shape index (κ3) is 2.17. The Morgan fingerprint density at radius 1 is 1.36 bits per heavy atom. The molecule has 124 valence electrons. The largest absolute Gasteiger partial charge is 0.422 e. The quantitative estimate of drug-likeness (QED) is 0.729. The van der Waals surface area contributed by atoms with E-state index in [1.165, 1.54) is 0 Å². The second-order valence-electron chi connectivity index (χ2n) is 8.53. The zero-order valence-corrected chi connectivity index (χ0v) is 14.3. The van der Waals surface area contributed by atoms with Crippen molar-refractivity contribution in [2.24, 2.45) is 35.0 Å². The van der Waals surface area contributed by atoms with Gasteiger partial charge < -0.3 is 9.47 Å². The first-order chi connectivity index (χ1) is 10.2. The molecule has 0 aromatic heterocycles. The summed E-state index contributed by atoms with van der Waals surface area (Å²) in [5.41, 5.74) is -0.534. The van der Waals surface area contributed by atoms with Crippen LogP contribution in [0.2, 0.25) is 0 Å². The first-order valence-corrected chi connectivity index (χ1v) is 8.64. The van der Waals surface area contributed by atoms with Crippen molar-refractivity contribution in [3.8, 4) is 0 Å². The third-order valence-electron chi connectivity index (χ3n) is 6.28. The van der Waals surface area contributed by atoms with Gasteiger partial charge in [0.05, 0.1) is 11.3 Å². The smallest absolute Gasteiger partial charge is 0.315 e. The van der Waals surface area contributed by atoms with Crippen LogP contribution in [0.1, 0.15) is 60.3 Å². The Morgan fingerprint density at radius 3 is 2.55 bits per heavy atom. The summed E-state index contributed by atoms with van der Waals surface area (Å²) in [5.74, 6) is -0.101. The molecule has 2 saturated heterocycles. The molecule has 0 aromatic carbocycles. The Hall–Kier alpha value is -1.06. The maximum absolute atomic E-state index is 12.9. The molecule has 4 heteroatoms. The summed E-state index contributed by atoms with van der Waals surface area (Å²) in [6, 6.07) is 0. The predicted molar refractivity (Wildman–Crippen MR) is 81.6 cm³/mol. The lowest BCUT2D eigenvalue weighted by Gasteiger charge is -2.45. The first-order valence-electron chi connectivity index (χ1n) is 8.64. The van der Waals surface area contributed by atoms with Crippen LogP contribution in [0.5, 0.6) is 0 Å². The average Bonchev–Trinajstić information content (AvgIpc) is 2.92. The van der Waals surface area contributed by atoms with Crippen LogP contribution >= 0.6 is 0 Å². The monoisotopic (exact) mass is 308 g/mol. The van der Waals surface area contributed by atoms with Crippen molar-refractivity contribution in [2.45, 2.75) is 66.1 Å². The topological polar surface area (TPSA) is 52.6 Å². The maximum atomic E-state index is 12.9. The summed E-state index contributed by atoms with van der Waals surface area (Å²) in [6.45, 7) is 10.3. The van der Waals surface area contributed by atoms with Crippen LogP contribution in [0.3, 0.4) is 0 Å². The molecule has 4 aliphatic rings. The molecule has 5 unspecified atom stereocenters. The molecule has 0 spiro atoms. The summed E-state index contributed by atoms with van der Waals surface area (Å²) in [6.07, 6.45) is 3.28. The van der Waals surface area contributed by atoms with Gasteiger partial charge in [-0.3, -0.25) is 9.59 Å². The van der Waals surface area contributed by atoms with Crippen LogP contribution in [0.4, 0.5) is 0 Å². The van der Waals surface area contributed by atoms with Crippen molar-refractivity contribution >= 4 is 11.9 Å². The van der Waals surface area contributed by atoms with Gasteiger partial charge in [0, 0.05) is 12.3 Å². The second-order valence-corrected chi connectivity index (χ2v) is 8.53. The predicted octanol–water partition coefficient (Wildman–Crippen LogP) is 3.54. The molecule has 2 heterocycles. The van der Waals surface area contributed by atoms with E-state index in [1.807, 2.05) is 6.92 Å². The van der Waals surface area contributed by atoms with Gasteiger partial charge >= 0.3 is 11.9 Å². The molecular weight excluding hydrogens is 280 g/mol. The molecule has 4 rings (SSSR count). The highest BCUT2D eigenvalue weighted by atomic mass is 16.7. The molecule has 4 bridgehead atoms. The fourth-order valence-corrected chi connectivity index (χ4v) is 4.72. The van der Waals surface area contributed by atoms with Gasteiger partial charge in [-0.15, -0.1) is 0 Å². The Morgan fingerprint density at radius 2 is 2.05 bits per heavy atom. The zero-order valence-electron chi connectivity index (χ0n) is 14.3. The standard InChI is InChI=1S/C18H28O4/c1-10(2)8-17(5,11(3)4)16(20)22-18-9-12-6-13(18)7-14(12)15(19)21-18/h10-14H,6-9H2,1-5H3. The molecule has 4 fully saturated rings. The number of rotatable bonds is 5. The lowest BCUT2D eigenvalue weighted by atomic mass is 9.73. The molecule has 0 amide bonds. The Kier molecular flexibility index (Phi) is 3.57. The van der Waals surface area contributed by atoms with Crippen LogP contribution in [-0.4, -0.2) is 17.7 Å². The van der Waals surface area contributed by atoms with Gasteiger partial charge in [-0.1, -0.05) is 27.7 Å². The van der Waals surface area contributed by atoms with E-state index < -0.39 is 11.2 Å². The number of hydrogen-bond acceptors (Lipinski definition) is 4. The van der Waals surface area contributed by atoms with Gasteiger partial charge in [0.1, 0.15) is 0 Å². The summed E-state index contributed by atoms with van der Waals surface area (Å²) in [7, 11) is 0. The van der Waals surface area contributed by atoms with Crippen LogP contribution in [0.15, 0.2) is 0 Å². The van der Waals surface area contributed by atoms with Crippen molar-refractivity contribution in [3.63, 3.8) is 0 Å². The zero-order chi connectivity index (χ0) is 16.3. The van der Waals surface area contributed by atoms with E-state index in [9.17, 15) is 9.59 Å². The van der Waals surface area contributed by atoms with Crippen molar-refractivity contribution in [1.82, 2.24) is 0 Å². The van der Waals surface area contributed by atoms with Crippen molar-refractivity contribution in [2.75, 3.05) is 0 Å². The van der Waals surface area contributed by atoms with Crippen molar-refractivity contribution in [3.05, 3.63) is 0 Å². The lowest BCUT2D eigenvalue weighted by Crippen LogP contribution is -2.55. The number of hydrogen-bond donors (Lipinski definition) is 0. The molecule has 0 aromatic rings. The summed E-state index contributed by atoms with van der Waals surface area (Å²) >= 11 is 0. The molecule has 2 aliphatic heterocycles. The minimum atomic E-state index is -0.958. The molecule has 4 nitrogen and oxygen atoms in total. The number of esters is 2. The summed E-state index contributed by atoms with van der Waals surface area (Å²) < 4.78 is 11.5. The van der Waals surface area contributed by atoms with Crippen LogP contribution in [0.25, 0.3) is 0 Å². The van der Waals surface area contributed by atoms with E-state index in [-0.39, 0.29) is 29.7 Å². The first kappa shape index (κ1) is 15.8. The van der Waals surface area contributed by atoms with Crippen LogP contribution < -0.4 is 0 Å². The molecule has 2 aliphatic carbocycles. The second kappa shape index (κ2) is 4.97. The van der Waals surface area contributed by atoms with E-state index >= 15 is 0 Å². The molecule has 22 heavy (non-hydrogen) atoms. The third-order valence-corrected chi connectivity index (χ3v) is 6.28. The molecule has 2 saturated carbocycles. The van der Waals surface area contributed by atoms with Gasteiger partial charge in [-0.2, -0.15) is 0 Å². The van der Waals surface area contributed by atoms with E-state index in [0.29, 0.717) is 18.3 Å². The van der Waals surface area contributed by atoms with Gasteiger partial charge in [-0.25, -0.2) is 0 Å². The van der Waals surface area contributed by atoms with Gasteiger partial charge in [0.25, 0.3) is 5.79 Å². The van der Waals surface area contributed by atoms with E-state index in [1.54, 1.807) is 0 Å². The molecule has 5 atom stereocenters. The Bertz CT molecular complexity index is 497. The summed E-state index contributed by atoms with van der Waals surface area (Å²) in [4.78, 5) is 25.0. The number of carbonyl (C=O) groups excluding carboxylic acids is 2. The Balaban J connectivity index is 1.80. The fraction of sp³-hybridized carbons (Fsp3) is 0.889. The van der Waals surface area contributed by atoms with Gasteiger partial charge in [-0.05, 0) is 43.9 Å². The highest BCUT2D eigenvalue weighted by Crippen LogP contribution is 2.60. The van der Waals surface area contributed by atoms with Gasteiger partial charge in [0.2, 0.25) is 0 Å². The minimum Gasteiger partial charge on any atom is -0.422 e. The van der Waals surface area contributed by atoms with E-state index in [0.717, 1.165) is 19.3 Å². The maximum Gasteiger partial charge on any atom is 0.315 e. The Labute approximate surface area is 132 Å². The number of fused-ring (bicyclic) bond motifs is 1. The lowest BCUT2D eigenvalue weighted by molar-refractivity contribution is -0.274. The van der Waals surface area contributed by atoms with E-state index in [4.69, 9.17) is 9.47 Å². The molecular formula is C18H28O4. The SMILES string of the molecule is CC(C)CC(C)(C(=O)OC12CC3CC1CC3C(=O)O2)C(C)C. The average molecular weight is 308 g/mol. The highest BCUT2D eigenvalue weighted by molar-refractivity contribution is 5.79. The molecule has 0 N–H and O–H groups in total. The highest BCUT2D eigenvalue weighted by Gasteiger charge is 2.67. The van der Waals surface area contributed by atoms with Crippen LogP contribution in [0, 0.1) is 35.0 Å². The minimum absolute atomic E-state index is 0.0534. The normalized spacial score (nSPS) is 38.5. The van der Waals surface area contributed by atoms with Crippen molar-refractivity contribution in [1.29, 1.82) is 0 Å². The number of carbonyl (C=O) groups is 2. The van der Waals surface area contributed by atoms with Gasteiger partial charge in [0.15, 0.2) is 0 Å². The van der Waals surface area contributed by atoms with Crippen molar-refractivity contribution < 1.29 is 19.1 Å².